The van der Waals surface area contributed by atoms with Crippen LogP contribution in [0.4, 0.5) is 0 Å². The highest BCUT2D eigenvalue weighted by atomic mass is 16.2. The molecule has 0 bridgehead atoms. The van der Waals surface area contributed by atoms with Crippen molar-refractivity contribution in [3.8, 4) is 0 Å². The summed E-state index contributed by atoms with van der Waals surface area (Å²) in [7, 11) is 0. The molecule has 3 heteroatoms. The first kappa shape index (κ1) is 9.19. The summed E-state index contributed by atoms with van der Waals surface area (Å²) in [6.07, 6.45) is 1.65. The van der Waals surface area contributed by atoms with Crippen molar-refractivity contribution in [2.24, 2.45) is 5.92 Å². The van der Waals surface area contributed by atoms with Crippen LogP contribution in [0.2, 0.25) is 0 Å². The van der Waals surface area contributed by atoms with E-state index >= 15 is 0 Å². The minimum atomic E-state index is 0.107. The second-order valence-corrected chi connectivity index (χ2v) is 4.00. The van der Waals surface area contributed by atoms with E-state index in [4.69, 9.17) is 0 Å². The van der Waals surface area contributed by atoms with Crippen LogP contribution >= 0.6 is 0 Å². The van der Waals surface area contributed by atoms with Crippen LogP contribution in [0, 0.1) is 12.8 Å². The number of nitrogens with zero attached hydrogens (tertiary/aromatic N) is 2. The Morgan fingerprint density at radius 3 is 2.71 bits per heavy atom. The molecule has 2 heterocycles. The Morgan fingerprint density at radius 2 is 2.21 bits per heavy atom. The molecule has 0 atom stereocenters. The Hall–Kier alpha value is -1.38. The van der Waals surface area contributed by atoms with Crippen LogP contribution in [0.25, 0.3) is 0 Å². The first-order valence-corrected chi connectivity index (χ1v) is 4.89. The number of likely N-dealkylation sites (tertiary alicyclic amines) is 1. The zero-order valence-electron chi connectivity index (χ0n) is 8.53. The van der Waals surface area contributed by atoms with Gasteiger partial charge in [0, 0.05) is 25.0 Å². The molecule has 14 heavy (non-hydrogen) atoms. The lowest BCUT2D eigenvalue weighted by Crippen LogP contribution is -2.48. The summed E-state index contributed by atoms with van der Waals surface area (Å²) in [6.45, 7) is 5.83. The van der Waals surface area contributed by atoms with Gasteiger partial charge in [-0.15, -0.1) is 0 Å². The maximum atomic E-state index is 11.8. The number of amides is 1. The number of hydrogen-bond acceptors (Lipinski definition) is 2. The number of pyridine rings is 1. The minimum absolute atomic E-state index is 0.107. The summed E-state index contributed by atoms with van der Waals surface area (Å²) in [4.78, 5) is 17.7. The highest BCUT2D eigenvalue weighted by Crippen LogP contribution is 2.17. The largest absolute Gasteiger partial charge is 0.338 e. The number of aromatic nitrogens is 1. The zero-order valence-corrected chi connectivity index (χ0v) is 8.53. The number of rotatable bonds is 1. The van der Waals surface area contributed by atoms with Crippen molar-refractivity contribution in [3.05, 3.63) is 29.6 Å². The molecule has 1 aromatic rings. The molecule has 1 saturated heterocycles. The maximum absolute atomic E-state index is 11.8. The van der Waals surface area contributed by atoms with Gasteiger partial charge in [-0.25, -0.2) is 0 Å². The summed E-state index contributed by atoms with van der Waals surface area (Å²) in [6, 6.07) is 3.71. The second kappa shape index (κ2) is 3.40. The van der Waals surface area contributed by atoms with Gasteiger partial charge < -0.3 is 4.90 Å². The van der Waals surface area contributed by atoms with Crippen LogP contribution in [0.15, 0.2) is 18.3 Å². The molecule has 1 aliphatic rings. The molecular formula is C11H14N2O. The fraction of sp³-hybridized carbons (Fsp3) is 0.455. The Kier molecular flexibility index (Phi) is 2.23. The predicted molar refractivity (Wildman–Crippen MR) is 54.0 cm³/mol. The van der Waals surface area contributed by atoms with E-state index in [9.17, 15) is 4.79 Å². The number of carbonyl (C=O) groups excluding carboxylic acids is 1. The molecule has 1 aromatic heterocycles. The fourth-order valence-corrected chi connectivity index (χ4v) is 1.64. The van der Waals surface area contributed by atoms with Crippen molar-refractivity contribution >= 4 is 5.91 Å². The molecule has 0 saturated carbocycles. The Bertz CT molecular complexity index is 339. The van der Waals surface area contributed by atoms with Crippen molar-refractivity contribution in [2.45, 2.75) is 13.8 Å². The molecule has 3 nitrogen and oxygen atoms in total. The van der Waals surface area contributed by atoms with Gasteiger partial charge in [0.2, 0.25) is 0 Å². The third-order valence-electron chi connectivity index (χ3n) is 2.51. The molecule has 0 aromatic carbocycles. The SMILES string of the molecule is Cc1ccc(C(=O)N2CC(C)C2)cn1. The average Bonchev–Trinajstić information content (AvgIpc) is 2.13. The van der Waals surface area contributed by atoms with E-state index < -0.39 is 0 Å². The third kappa shape index (κ3) is 1.62. The molecule has 0 unspecified atom stereocenters. The predicted octanol–water partition coefficient (Wildman–Crippen LogP) is 1.48. The Balaban J connectivity index is 2.08. The lowest BCUT2D eigenvalue weighted by atomic mass is 10.0. The van der Waals surface area contributed by atoms with Gasteiger partial charge in [-0.05, 0) is 25.0 Å². The highest BCUT2D eigenvalue weighted by Gasteiger charge is 2.27. The zero-order chi connectivity index (χ0) is 10.1. The van der Waals surface area contributed by atoms with E-state index in [1.165, 1.54) is 0 Å². The number of carbonyl (C=O) groups is 1. The topological polar surface area (TPSA) is 33.2 Å². The van der Waals surface area contributed by atoms with Crippen LogP contribution in [0.5, 0.6) is 0 Å². The molecule has 0 N–H and O–H groups in total. The Morgan fingerprint density at radius 1 is 1.50 bits per heavy atom. The summed E-state index contributed by atoms with van der Waals surface area (Å²) in [5, 5.41) is 0. The third-order valence-corrected chi connectivity index (χ3v) is 2.51. The van der Waals surface area contributed by atoms with E-state index in [0.29, 0.717) is 11.5 Å². The van der Waals surface area contributed by atoms with E-state index in [2.05, 4.69) is 11.9 Å². The number of hydrogen-bond donors (Lipinski definition) is 0. The maximum Gasteiger partial charge on any atom is 0.255 e. The van der Waals surface area contributed by atoms with Gasteiger partial charge in [-0.3, -0.25) is 9.78 Å². The molecule has 0 aliphatic carbocycles. The lowest BCUT2D eigenvalue weighted by Gasteiger charge is -2.37. The van der Waals surface area contributed by atoms with Gasteiger partial charge in [0.25, 0.3) is 5.91 Å². The summed E-state index contributed by atoms with van der Waals surface area (Å²) in [5.41, 5.74) is 1.64. The van der Waals surface area contributed by atoms with E-state index in [1.807, 2.05) is 24.0 Å². The highest BCUT2D eigenvalue weighted by molar-refractivity contribution is 5.94. The fourth-order valence-electron chi connectivity index (χ4n) is 1.64. The van der Waals surface area contributed by atoms with Crippen molar-refractivity contribution in [1.29, 1.82) is 0 Å². The smallest absolute Gasteiger partial charge is 0.255 e. The molecular weight excluding hydrogens is 176 g/mol. The van der Waals surface area contributed by atoms with Crippen molar-refractivity contribution in [2.75, 3.05) is 13.1 Å². The van der Waals surface area contributed by atoms with E-state index in [-0.39, 0.29) is 5.91 Å². The van der Waals surface area contributed by atoms with Gasteiger partial charge in [0.1, 0.15) is 0 Å². The van der Waals surface area contributed by atoms with Gasteiger partial charge >= 0.3 is 0 Å². The van der Waals surface area contributed by atoms with Crippen LogP contribution in [-0.4, -0.2) is 28.9 Å². The van der Waals surface area contributed by atoms with Gasteiger partial charge in [-0.1, -0.05) is 6.92 Å². The molecule has 2 rings (SSSR count). The van der Waals surface area contributed by atoms with Crippen molar-refractivity contribution in [1.82, 2.24) is 9.88 Å². The van der Waals surface area contributed by atoms with Crippen molar-refractivity contribution < 1.29 is 4.79 Å². The molecule has 1 amide bonds. The second-order valence-electron chi connectivity index (χ2n) is 4.00. The summed E-state index contributed by atoms with van der Waals surface area (Å²) < 4.78 is 0. The van der Waals surface area contributed by atoms with Crippen LogP contribution in [-0.2, 0) is 0 Å². The van der Waals surface area contributed by atoms with E-state index in [1.54, 1.807) is 6.20 Å². The van der Waals surface area contributed by atoms with Gasteiger partial charge in [0.05, 0.1) is 5.56 Å². The normalized spacial score (nSPS) is 16.6. The Labute approximate surface area is 83.8 Å². The minimum Gasteiger partial charge on any atom is -0.338 e. The molecule has 0 spiro atoms. The van der Waals surface area contributed by atoms with Crippen LogP contribution < -0.4 is 0 Å². The molecule has 0 radical (unpaired) electrons. The summed E-state index contributed by atoms with van der Waals surface area (Å²) in [5.74, 6) is 0.757. The van der Waals surface area contributed by atoms with Gasteiger partial charge in [0.15, 0.2) is 0 Å². The lowest BCUT2D eigenvalue weighted by molar-refractivity contribution is 0.0530. The van der Waals surface area contributed by atoms with Crippen molar-refractivity contribution in [3.63, 3.8) is 0 Å². The molecule has 1 fully saturated rings. The first-order valence-electron chi connectivity index (χ1n) is 4.89. The van der Waals surface area contributed by atoms with E-state index in [0.717, 1.165) is 18.8 Å². The molecule has 1 aliphatic heterocycles. The standard InChI is InChI=1S/C11H14N2O/c1-8-6-13(7-8)11(14)10-4-3-9(2)12-5-10/h3-5,8H,6-7H2,1-2H3. The van der Waals surface area contributed by atoms with Crippen LogP contribution in [0.3, 0.4) is 0 Å². The summed E-state index contributed by atoms with van der Waals surface area (Å²) >= 11 is 0. The number of aryl methyl sites for hydroxylation is 1. The monoisotopic (exact) mass is 190 g/mol. The average molecular weight is 190 g/mol. The van der Waals surface area contributed by atoms with Gasteiger partial charge in [-0.2, -0.15) is 0 Å². The first-order chi connectivity index (χ1) is 6.66. The molecule has 74 valence electrons. The quantitative estimate of drug-likeness (QED) is 0.672. The van der Waals surface area contributed by atoms with Crippen LogP contribution in [0.1, 0.15) is 23.0 Å².